The van der Waals surface area contributed by atoms with Crippen molar-refractivity contribution in [1.29, 1.82) is 0 Å². The van der Waals surface area contributed by atoms with E-state index in [-0.39, 0.29) is 24.4 Å². The third kappa shape index (κ3) is 3.82. The van der Waals surface area contributed by atoms with Crippen molar-refractivity contribution in [2.24, 2.45) is 0 Å². The van der Waals surface area contributed by atoms with Gasteiger partial charge in [-0.25, -0.2) is 0 Å². The monoisotopic (exact) mass is 317 g/mol. The molecule has 6 nitrogen and oxygen atoms in total. The van der Waals surface area contributed by atoms with E-state index in [0.29, 0.717) is 24.4 Å². The van der Waals surface area contributed by atoms with Gasteiger partial charge in [0.15, 0.2) is 0 Å². The summed E-state index contributed by atoms with van der Waals surface area (Å²) in [5.41, 5.74) is 0.573. The van der Waals surface area contributed by atoms with Crippen molar-refractivity contribution in [3.63, 3.8) is 0 Å². The molecule has 2 amide bonds. The van der Waals surface area contributed by atoms with Crippen molar-refractivity contribution in [2.45, 2.75) is 18.9 Å². The Balaban J connectivity index is 1.70. The highest BCUT2D eigenvalue weighted by atomic mass is 16.5. The molecule has 0 aromatic heterocycles. The maximum atomic E-state index is 12.8. The number of carbonyl (C=O) groups is 2. The van der Waals surface area contributed by atoms with E-state index in [1.165, 1.54) is 0 Å². The summed E-state index contributed by atoms with van der Waals surface area (Å²) in [6, 6.07) is 7.31. The Labute approximate surface area is 136 Å². The molecule has 1 saturated heterocycles. The molecule has 1 saturated carbocycles. The van der Waals surface area contributed by atoms with Crippen LogP contribution in [0.3, 0.4) is 0 Å². The average molecular weight is 317 g/mol. The van der Waals surface area contributed by atoms with Crippen molar-refractivity contribution in [2.75, 3.05) is 39.8 Å². The summed E-state index contributed by atoms with van der Waals surface area (Å²) in [5, 5.41) is 3.23. The molecule has 1 N–H and O–H groups in total. The lowest BCUT2D eigenvalue weighted by Gasteiger charge is -2.30. The molecule has 1 aliphatic carbocycles. The van der Waals surface area contributed by atoms with Gasteiger partial charge in [0.25, 0.3) is 5.91 Å². The maximum absolute atomic E-state index is 12.8. The van der Waals surface area contributed by atoms with Gasteiger partial charge in [-0.3, -0.25) is 9.59 Å². The van der Waals surface area contributed by atoms with Crippen LogP contribution in [0.2, 0.25) is 0 Å². The molecule has 2 fully saturated rings. The lowest BCUT2D eigenvalue weighted by atomic mass is 10.2. The van der Waals surface area contributed by atoms with E-state index >= 15 is 0 Å². The third-order valence-electron chi connectivity index (χ3n) is 4.34. The first kappa shape index (κ1) is 15.8. The molecule has 124 valence electrons. The van der Waals surface area contributed by atoms with E-state index < -0.39 is 0 Å². The number of carbonyl (C=O) groups excluding carboxylic acids is 2. The highest BCUT2D eigenvalue weighted by molar-refractivity contribution is 5.97. The first-order valence-corrected chi connectivity index (χ1v) is 8.12. The normalized spacial score (nSPS) is 17.7. The number of hydrogen-bond acceptors (Lipinski definition) is 4. The fourth-order valence-corrected chi connectivity index (χ4v) is 2.83. The molecule has 23 heavy (non-hydrogen) atoms. The molecule has 0 atom stereocenters. The fourth-order valence-electron chi connectivity index (χ4n) is 2.83. The topological polar surface area (TPSA) is 61.9 Å². The number of nitrogens with one attached hydrogen (secondary N) is 1. The molecule has 1 aliphatic heterocycles. The minimum absolute atomic E-state index is 0.0367. The molecule has 0 spiro atoms. The third-order valence-corrected chi connectivity index (χ3v) is 4.34. The summed E-state index contributed by atoms with van der Waals surface area (Å²) in [7, 11) is 1.58. The molecule has 1 aromatic carbocycles. The van der Waals surface area contributed by atoms with Gasteiger partial charge in [-0.2, -0.15) is 0 Å². The Hall–Kier alpha value is -2.08. The van der Waals surface area contributed by atoms with Gasteiger partial charge in [0, 0.05) is 37.8 Å². The summed E-state index contributed by atoms with van der Waals surface area (Å²) in [6.45, 7) is 3.23. The van der Waals surface area contributed by atoms with Crippen LogP contribution >= 0.6 is 0 Å². The summed E-state index contributed by atoms with van der Waals surface area (Å²) in [6.07, 6.45) is 1.95. The van der Waals surface area contributed by atoms with E-state index in [2.05, 4.69) is 5.32 Å². The van der Waals surface area contributed by atoms with Crippen molar-refractivity contribution in [3.05, 3.63) is 29.8 Å². The second-order valence-electron chi connectivity index (χ2n) is 6.03. The predicted molar refractivity (Wildman–Crippen MR) is 86.5 cm³/mol. The Morgan fingerprint density at radius 3 is 2.70 bits per heavy atom. The molecular formula is C17H23N3O3. The maximum Gasteiger partial charge on any atom is 0.254 e. The lowest BCUT2D eigenvalue weighted by Crippen LogP contribution is -2.50. The number of methoxy groups -OCH3 is 1. The van der Waals surface area contributed by atoms with Crippen molar-refractivity contribution in [1.82, 2.24) is 15.1 Å². The molecular weight excluding hydrogens is 294 g/mol. The van der Waals surface area contributed by atoms with Crippen LogP contribution in [0.5, 0.6) is 5.75 Å². The zero-order valence-electron chi connectivity index (χ0n) is 13.5. The standard InChI is InChI=1S/C17H23N3O3/c1-23-15-4-2-3-13(11-15)17(22)20(14-5-6-14)12-16(21)19-9-7-18-8-10-19/h2-4,11,14,18H,5-10,12H2,1H3. The molecule has 6 heteroatoms. The molecule has 0 unspecified atom stereocenters. The molecule has 1 heterocycles. The number of hydrogen-bond donors (Lipinski definition) is 1. The van der Waals surface area contributed by atoms with Gasteiger partial charge >= 0.3 is 0 Å². The van der Waals surface area contributed by atoms with E-state index in [9.17, 15) is 9.59 Å². The van der Waals surface area contributed by atoms with Crippen LogP contribution in [-0.4, -0.2) is 67.5 Å². The largest absolute Gasteiger partial charge is 0.497 e. The smallest absolute Gasteiger partial charge is 0.254 e. The zero-order chi connectivity index (χ0) is 16.2. The number of benzene rings is 1. The Bertz CT molecular complexity index is 580. The summed E-state index contributed by atoms with van der Waals surface area (Å²) < 4.78 is 5.18. The number of rotatable bonds is 5. The second-order valence-corrected chi connectivity index (χ2v) is 6.03. The summed E-state index contributed by atoms with van der Waals surface area (Å²) >= 11 is 0. The number of piperazine rings is 1. The van der Waals surface area contributed by atoms with E-state index in [4.69, 9.17) is 4.74 Å². The minimum Gasteiger partial charge on any atom is -0.497 e. The van der Waals surface area contributed by atoms with Crippen LogP contribution < -0.4 is 10.1 Å². The molecule has 0 radical (unpaired) electrons. The predicted octanol–water partition coefficient (Wildman–Crippen LogP) is 0.732. The lowest BCUT2D eigenvalue weighted by molar-refractivity contribution is -0.132. The highest BCUT2D eigenvalue weighted by Gasteiger charge is 2.35. The number of ether oxygens (including phenoxy) is 1. The van der Waals surface area contributed by atoms with E-state index in [1.807, 2.05) is 11.0 Å². The first-order chi connectivity index (χ1) is 11.2. The van der Waals surface area contributed by atoms with Gasteiger partial charge in [0.1, 0.15) is 12.3 Å². The Kier molecular flexibility index (Phi) is 4.81. The summed E-state index contributed by atoms with van der Waals surface area (Å²) in [4.78, 5) is 28.8. The zero-order valence-corrected chi connectivity index (χ0v) is 13.5. The van der Waals surface area contributed by atoms with Crippen molar-refractivity contribution >= 4 is 11.8 Å². The van der Waals surface area contributed by atoms with Crippen LogP contribution in [-0.2, 0) is 4.79 Å². The molecule has 2 aliphatic rings. The average Bonchev–Trinajstić information content (AvgIpc) is 3.44. The summed E-state index contributed by atoms with van der Waals surface area (Å²) in [5.74, 6) is 0.601. The quantitative estimate of drug-likeness (QED) is 0.870. The van der Waals surface area contributed by atoms with Crippen molar-refractivity contribution in [3.8, 4) is 5.75 Å². The van der Waals surface area contributed by atoms with Crippen LogP contribution in [0.25, 0.3) is 0 Å². The molecule has 0 bridgehead atoms. The molecule has 3 rings (SSSR count). The van der Waals surface area contributed by atoms with Crippen molar-refractivity contribution < 1.29 is 14.3 Å². The van der Waals surface area contributed by atoms with Crippen LogP contribution in [0, 0.1) is 0 Å². The Morgan fingerprint density at radius 2 is 2.04 bits per heavy atom. The fraction of sp³-hybridized carbons (Fsp3) is 0.529. The van der Waals surface area contributed by atoms with Crippen LogP contribution in [0.4, 0.5) is 0 Å². The molecule has 1 aromatic rings. The van der Waals surface area contributed by atoms with Crippen LogP contribution in [0.15, 0.2) is 24.3 Å². The SMILES string of the molecule is COc1cccc(C(=O)N(CC(=O)N2CCNCC2)C2CC2)c1. The van der Waals surface area contributed by atoms with E-state index in [0.717, 1.165) is 25.9 Å². The second kappa shape index (κ2) is 7.00. The van der Waals surface area contributed by atoms with Gasteiger partial charge in [0.05, 0.1) is 7.11 Å². The van der Waals surface area contributed by atoms with Gasteiger partial charge < -0.3 is 19.9 Å². The minimum atomic E-state index is -0.0881. The highest BCUT2D eigenvalue weighted by Crippen LogP contribution is 2.29. The van der Waals surface area contributed by atoms with Crippen LogP contribution in [0.1, 0.15) is 23.2 Å². The van der Waals surface area contributed by atoms with Gasteiger partial charge in [0.2, 0.25) is 5.91 Å². The van der Waals surface area contributed by atoms with Gasteiger partial charge in [-0.1, -0.05) is 6.07 Å². The van der Waals surface area contributed by atoms with Gasteiger partial charge in [-0.15, -0.1) is 0 Å². The number of amides is 2. The number of nitrogens with zero attached hydrogens (tertiary/aromatic N) is 2. The van der Waals surface area contributed by atoms with E-state index in [1.54, 1.807) is 30.2 Å². The first-order valence-electron chi connectivity index (χ1n) is 8.12. The van der Waals surface area contributed by atoms with Gasteiger partial charge in [-0.05, 0) is 31.0 Å². The Morgan fingerprint density at radius 1 is 1.30 bits per heavy atom.